The van der Waals surface area contributed by atoms with Gasteiger partial charge in [0, 0.05) is 19.0 Å². The van der Waals surface area contributed by atoms with Crippen LogP contribution in [-0.4, -0.2) is 33.9 Å². The first kappa shape index (κ1) is 18.0. The summed E-state index contributed by atoms with van der Waals surface area (Å²) < 4.78 is 0. The molecule has 0 bridgehead atoms. The number of carbonyl (C=O) groups is 1. The van der Waals surface area contributed by atoms with Gasteiger partial charge in [0.15, 0.2) is 0 Å². The van der Waals surface area contributed by atoms with E-state index >= 15 is 0 Å². The maximum Gasteiger partial charge on any atom is 0.414 e. The summed E-state index contributed by atoms with van der Waals surface area (Å²) in [6, 6.07) is 11.2. The summed E-state index contributed by atoms with van der Waals surface area (Å²) >= 11 is 0. The van der Waals surface area contributed by atoms with Crippen LogP contribution in [0.15, 0.2) is 47.6 Å². The standard InChI is InChI=1S/C20H24N4O2/c25-20(26)24(15-17-9-5-2-6-10-17)19-22-12-11-18(23-19)14-21-13-16-7-3-1-4-8-16/h2,5-6,9-12,14,16H,1,3-4,7-8,13,15H2,(H,25,26)/b21-14+. The Balaban J connectivity index is 1.68. The number of nitrogens with zero attached hydrogens (tertiary/aromatic N) is 4. The highest BCUT2D eigenvalue weighted by atomic mass is 16.4. The van der Waals surface area contributed by atoms with E-state index in [2.05, 4.69) is 15.0 Å². The third-order valence-corrected chi connectivity index (χ3v) is 4.63. The quantitative estimate of drug-likeness (QED) is 0.792. The topological polar surface area (TPSA) is 78.7 Å². The molecule has 1 aromatic carbocycles. The molecule has 1 fully saturated rings. The number of hydrogen-bond acceptors (Lipinski definition) is 4. The van der Waals surface area contributed by atoms with Crippen molar-refractivity contribution < 1.29 is 9.90 Å². The Bertz CT molecular complexity index is 742. The van der Waals surface area contributed by atoms with Crippen LogP contribution in [0, 0.1) is 5.92 Å². The predicted molar refractivity (Wildman–Crippen MR) is 102 cm³/mol. The largest absolute Gasteiger partial charge is 0.465 e. The van der Waals surface area contributed by atoms with Gasteiger partial charge in [0.1, 0.15) is 0 Å². The fourth-order valence-electron chi connectivity index (χ4n) is 3.22. The van der Waals surface area contributed by atoms with Crippen molar-refractivity contribution in [3.05, 3.63) is 53.9 Å². The van der Waals surface area contributed by atoms with Crippen molar-refractivity contribution in [2.75, 3.05) is 11.4 Å². The molecule has 0 unspecified atom stereocenters. The fourth-order valence-corrected chi connectivity index (χ4v) is 3.22. The lowest BCUT2D eigenvalue weighted by Gasteiger charge is -2.19. The Kier molecular flexibility index (Phi) is 6.30. The number of anilines is 1. The van der Waals surface area contributed by atoms with Crippen molar-refractivity contribution in [1.82, 2.24) is 9.97 Å². The van der Waals surface area contributed by atoms with Gasteiger partial charge in [-0.2, -0.15) is 0 Å². The van der Waals surface area contributed by atoms with Crippen LogP contribution >= 0.6 is 0 Å². The molecule has 1 aliphatic carbocycles. The SMILES string of the molecule is O=C(O)N(Cc1ccccc1)c1nccc(/C=N/CC2CCCCC2)n1. The zero-order valence-corrected chi connectivity index (χ0v) is 14.8. The first-order valence-electron chi connectivity index (χ1n) is 9.09. The Morgan fingerprint density at radius 2 is 1.96 bits per heavy atom. The number of hydrogen-bond donors (Lipinski definition) is 1. The summed E-state index contributed by atoms with van der Waals surface area (Å²) in [5.74, 6) is 0.831. The van der Waals surface area contributed by atoms with Crippen LogP contribution in [0.1, 0.15) is 43.4 Å². The van der Waals surface area contributed by atoms with Crippen molar-refractivity contribution in [2.45, 2.75) is 38.6 Å². The lowest BCUT2D eigenvalue weighted by Crippen LogP contribution is -2.30. The first-order chi connectivity index (χ1) is 12.7. The highest BCUT2D eigenvalue weighted by molar-refractivity contribution is 5.84. The van der Waals surface area contributed by atoms with Crippen LogP contribution < -0.4 is 4.90 Å². The average Bonchev–Trinajstić information content (AvgIpc) is 2.68. The number of aliphatic imine (C=N–C) groups is 1. The minimum absolute atomic E-state index is 0.169. The van der Waals surface area contributed by atoms with Crippen molar-refractivity contribution in [3.8, 4) is 0 Å². The molecule has 1 aromatic heterocycles. The van der Waals surface area contributed by atoms with E-state index in [-0.39, 0.29) is 12.5 Å². The summed E-state index contributed by atoms with van der Waals surface area (Å²) in [6.07, 6.45) is 8.64. The molecular formula is C20H24N4O2. The van der Waals surface area contributed by atoms with Gasteiger partial charge in [-0.25, -0.2) is 19.7 Å². The van der Waals surface area contributed by atoms with E-state index in [4.69, 9.17) is 0 Å². The highest BCUT2D eigenvalue weighted by Crippen LogP contribution is 2.23. The van der Waals surface area contributed by atoms with E-state index in [1.165, 1.54) is 32.1 Å². The van der Waals surface area contributed by atoms with E-state index < -0.39 is 6.09 Å². The molecular weight excluding hydrogens is 328 g/mol. The molecule has 0 aliphatic heterocycles. The van der Waals surface area contributed by atoms with Crippen LogP contribution in [0.3, 0.4) is 0 Å². The Hall–Kier alpha value is -2.76. The van der Waals surface area contributed by atoms with Crippen molar-refractivity contribution in [1.29, 1.82) is 0 Å². The van der Waals surface area contributed by atoms with Gasteiger partial charge in [0.25, 0.3) is 0 Å². The average molecular weight is 352 g/mol. The molecule has 0 atom stereocenters. The Morgan fingerprint density at radius 3 is 2.69 bits per heavy atom. The Labute approximate surface area is 153 Å². The zero-order valence-electron chi connectivity index (χ0n) is 14.8. The van der Waals surface area contributed by atoms with Crippen molar-refractivity contribution in [3.63, 3.8) is 0 Å². The minimum atomic E-state index is -1.08. The lowest BCUT2D eigenvalue weighted by molar-refractivity contribution is 0.201. The van der Waals surface area contributed by atoms with E-state index in [1.807, 2.05) is 30.3 Å². The molecule has 6 heteroatoms. The van der Waals surface area contributed by atoms with Gasteiger partial charge in [0.05, 0.1) is 12.2 Å². The third kappa shape index (κ3) is 5.12. The van der Waals surface area contributed by atoms with Crippen LogP contribution in [0.4, 0.5) is 10.7 Å². The van der Waals surface area contributed by atoms with Crippen molar-refractivity contribution in [2.24, 2.45) is 10.9 Å². The van der Waals surface area contributed by atoms with Crippen LogP contribution in [0.25, 0.3) is 0 Å². The molecule has 1 saturated carbocycles. The highest BCUT2D eigenvalue weighted by Gasteiger charge is 2.18. The second-order valence-corrected chi connectivity index (χ2v) is 6.63. The monoisotopic (exact) mass is 352 g/mol. The predicted octanol–water partition coefficient (Wildman–Crippen LogP) is 4.16. The molecule has 1 N–H and O–H groups in total. The maximum atomic E-state index is 11.6. The van der Waals surface area contributed by atoms with E-state index in [9.17, 15) is 9.90 Å². The minimum Gasteiger partial charge on any atom is -0.465 e. The van der Waals surface area contributed by atoms with Crippen LogP contribution in [-0.2, 0) is 6.54 Å². The second-order valence-electron chi connectivity index (χ2n) is 6.63. The van der Waals surface area contributed by atoms with Gasteiger partial charge in [-0.3, -0.25) is 4.99 Å². The molecule has 26 heavy (non-hydrogen) atoms. The molecule has 0 saturated heterocycles. The number of aromatic nitrogens is 2. The van der Waals surface area contributed by atoms with Gasteiger partial charge in [-0.15, -0.1) is 0 Å². The number of amides is 1. The summed E-state index contributed by atoms with van der Waals surface area (Å²) in [4.78, 5) is 25.8. The van der Waals surface area contributed by atoms with Gasteiger partial charge >= 0.3 is 6.09 Å². The molecule has 1 amide bonds. The van der Waals surface area contributed by atoms with Crippen LogP contribution in [0.5, 0.6) is 0 Å². The molecule has 1 heterocycles. The molecule has 6 nitrogen and oxygen atoms in total. The fraction of sp³-hybridized carbons (Fsp3) is 0.400. The summed E-state index contributed by atoms with van der Waals surface area (Å²) in [6.45, 7) is 1.02. The Morgan fingerprint density at radius 1 is 1.19 bits per heavy atom. The molecule has 3 rings (SSSR count). The molecule has 2 aromatic rings. The molecule has 0 radical (unpaired) electrons. The summed E-state index contributed by atoms with van der Waals surface area (Å²) in [5, 5.41) is 9.54. The summed E-state index contributed by atoms with van der Waals surface area (Å²) in [5.41, 5.74) is 1.51. The maximum absolute atomic E-state index is 11.6. The third-order valence-electron chi connectivity index (χ3n) is 4.63. The number of rotatable bonds is 6. The lowest BCUT2D eigenvalue weighted by atomic mass is 9.89. The van der Waals surface area contributed by atoms with Gasteiger partial charge in [0.2, 0.25) is 5.95 Å². The van der Waals surface area contributed by atoms with E-state index in [0.717, 1.165) is 17.0 Å². The zero-order chi connectivity index (χ0) is 18.2. The normalized spacial score (nSPS) is 15.2. The number of carboxylic acid groups (broad SMARTS) is 1. The van der Waals surface area contributed by atoms with Gasteiger partial charge < -0.3 is 5.11 Å². The van der Waals surface area contributed by atoms with E-state index in [0.29, 0.717) is 11.6 Å². The van der Waals surface area contributed by atoms with Gasteiger partial charge in [-0.1, -0.05) is 49.6 Å². The van der Waals surface area contributed by atoms with Gasteiger partial charge in [-0.05, 0) is 30.4 Å². The smallest absolute Gasteiger partial charge is 0.414 e. The molecule has 0 spiro atoms. The van der Waals surface area contributed by atoms with Crippen molar-refractivity contribution >= 4 is 18.3 Å². The second kappa shape index (κ2) is 9.08. The summed E-state index contributed by atoms with van der Waals surface area (Å²) in [7, 11) is 0. The molecule has 136 valence electrons. The van der Waals surface area contributed by atoms with Crippen LogP contribution in [0.2, 0.25) is 0 Å². The van der Waals surface area contributed by atoms with E-state index in [1.54, 1.807) is 18.5 Å². The molecule has 1 aliphatic rings. The number of benzene rings is 1. The first-order valence-corrected chi connectivity index (χ1v) is 9.09.